The lowest BCUT2D eigenvalue weighted by Crippen LogP contribution is -2.36. The van der Waals surface area contributed by atoms with E-state index in [1.807, 2.05) is 24.3 Å². The summed E-state index contributed by atoms with van der Waals surface area (Å²) < 4.78 is 0. The molecule has 1 aliphatic rings. The van der Waals surface area contributed by atoms with E-state index in [9.17, 15) is 4.79 Å². The number of Topliss-reactive ketones (excluding diaryl/α,β-unsaturated/α-hetero) is 1. The molecule has 0 aliphatic heterocycles. The minimum absolute atomic E-state index is 0. The molecule has 2 aromatic carbocycles. The van der Waals surface area contributed by atoms with Crippen LogP contribution < -0.4 is 27.0 Å². The van der Waals surface area contributed by atoms with Crippen LogP contribution in [0.2, 0.25) is 0 Å². The molecule has 0 heterocycles. The van der Waals surface area contributed by atoms with Gasteiger partial charge in [-0.3, -0.25) is 4.79 Å². The summed E-state index contributed by atoms with van der Waals surface area (Å²) in [6, 6.07) is 12.1. The monoisotopic (exact) mass is 417 g/mol. The van der Waals surface area contributed by atoms with Gasteiger partial charge in [0.15, 0.2) is 5.78 Å². The van der Waals surface area contributed by atoms with Gasteiger partial charge >= 0.3 is 0 Å². The molecule has 2 aromatic rings. The molecule has 0 radical (unpaired) electrons. The van der Waals surface area contributed by atoms with Gasteiger partial charge in [0.25, 0.3) is 0 Å². The number of ketones is 1. The van der Waals surface area contributed by atoms with E-state index in [1.165, 1.54) is 0 Å². The molecule has 0 saturated carbocycles. The van der Waals surface area contributed by atoms with E-state index in [2.05, 4.69) is 39.5 Å². The minimum Gasteiger partial charge on any atom is -0.329 e. The van der Waals surface area contributed by atoms with E-state index in [1.54, 1.807) is 0 Å². The molecule has 29 heavy (non-hydrogen) atoms. The summed E-state index contributed by atoms with van der Waals surface area (Å²) in [6.45, 7) is 7.60. The van der Waals surface area contributed by atoms with Crippen LogP contribution in [0.4, 0.5) is 0 Å². The van der Waals surface area contributed by atoms with Crippen LogP contribution in [0.5, 0.6) is 0 Å². The molecule has 158 valence electrons. The van der Waals surface area contributed by atoms with Crippen molar-refractivity contribution in [3.05, 3.63) is 53.1 Å². The van der Waals surface area contributed by atoms with E-state index in [0.29, 0.717) is 13.1 Å². The molecule has 0 aromatic heterocycles. The van der Waals surface area contributed by atoms with E-state index < -0.39 is 0 Å². The molecule has 0 amide bonds. The molecule has 1 aliphatic carbocycles. The molecular weight excluding hydrogens is 386 g/mol. The van der Waals surface area contributed by atoms with E-state index in [-0.39, 0.29) is 18.2 Å². The molecule has 0 unspecified atom stereocenters. The molecule has 7 heteroatoms. The van der Waals surface area contributed by atoms with Gasteiger partial charge in [0.05, 0.1) is 0 Å². The number of hydrogen-bond acceptors (Lipinski definition) is 6. The zero-order chi connectivity index (χ0) is 19.6. The van der Waals surface area contributed by atoms with Gasteiger partial charge in [-0.2, -0.15) is 0 Å². The number of hydrogen-bond donors (Lipinski definition) is 5. The summed E-state index contributed by atoms with van der Waals surface area (Å²) in [6.07, 6.45) is 2.03. The number of nitrogens with one attached hydrogen (secondary N) is 4. The highest BCUT2D eigenvalue weighted by Crippen LogP contribution is 2.30. The zero-order valence-corrected chi connectivity index (χ0v) is 17.6. The number of rotatable bonds is 13. The Balaban J connectivity index is 0.00000300. The van der Waals surface area contributed by atoms with Gasteiger partial charge in [0, 0.05) is 75.4 Å². The SMILES string of the molecule is Cl.NCCNCCNCCNCCNCC1=Cc2cccc3cccc(c23)C1=O. The summed E-state index contributed by atoms with van der Waals surface area (Å²) in [7, 11) is 0. The van der Waals surface area contributed by atoms with Gasteiger partial charge in [-0.15, -0.1) is 12.4 Å². The van der Waals surface area contributed by atoms with Crippen molar-refractivity contribution in [2.24, 2.45) is 5.73 Å². The largest absolute Gasteiger partial charge is 0.329 e. The predicted octanol–water partition coefficient (Wildman–Crippen LogP) is 1.16. The molecule has 0 bridgehead atoms. The average molecular weight is 418 g/mol. The van der Waals surface area contributed by atoms with Gasteiger partial charge in [-0.1, -0.05) is 36.4 Å². The van der Waals surface area contributed by atoms with E-state index in [0.717, 1.165) is 73.3 Å². The molecular formula is C22H32ClN5O. The Morgan fingerprint density at radius 1 is 0.759 bits per heavy atom. The normalized spacial score (nSPS) is 12.7. The second-order valence-electron chi connectivity index (χ2n) is 6.97. The van der Waals surface area contributed by atoms with Crippen LogP contribution in [-0.4, -0.2) is 64.7 Å². The van der Waals surface area contributed by atoms with Crippen molar-refractivity contribution in [2.45, 2.75) is 0 Å². The Morgan fingerprint density at radius 2 is 1.34 bits per heavy atom. The molecule has 0 spiro atoms. The third kappa shape index (κ3) is 6.60. The fourth-order valence-corrected chi connectivity index (χ4v) is 3.47. The highest BCUT2D eigenvalue weighted by atomic mass is 35.5. The smallest absolute Gasteiger partial charge is 0.190 e. The van der Waals surface area contributed by atoms with Crippen LogP contribution in [0.25, 0.3) is 16.8 Å². The first-order valence-corrected chi connectivity index (χ1v) is 10.1. The second-order valence-corrected chi connectivity index (χ2v) is 6.97. The van der Waals surface area contributed by atoms with Crippen molar-refractivity contribution < 1.29 is 4.79 Å². The molecule has 6 N–H and O–H groups in total. The van der Waals surface area contributed by atoms with Crippen LogP contribution in [-0.2, 0) is 0 Å². The topological polar surface area (TPSA) is 91.2 Å². The third-order valence-electron chi connectivity index (χ3n) is 4.88. The van der Waals surface area contributed by atoms with Crippen LogP contribution in [0.15, 0.2) is 42.0 Å². The second kappa shape index (κ2) is 12.7. The van der Waals surface area contributed by atoms with Crippen LogP contribution in [0.3, 0.4) is 0 Å². The summed E-state index contributed by atoms with van der Waals surface area (Å²) >= 11 is 0. The Hall–Kier alpha value is -1.80. The lowest BCUT2D eigenvalue weighted by Gasteiger charge is -2.17. The summed E-state index contributed by atoms with van der Waals surface area (Å²) in [5.41, 5.74) is 8.20. The number of halogens is 1. The Kier molecular flexibility index (Phi) is 10.3. The lowest BCUT2D eigenvalue weighted by atomic mass is 9.88. The molecule has 6 nitrogen and oxygen atoms in total. The first kappa shape index (κ1) is 23.5. The minimum atomic E-state index is 0. The highest BCUT2D eigenvalue weighted by molar-refractivity contribution is 6.22. The van der Waals surface area contributed by atoms with Crippen molar-refractivity contribution in [1.82, 2.24) is 21.3 Å². The predicted molar refractivity (Wildman–Crippen MR) is 124 cm³/mol. The quantitative estimate of drug-likeness (QED) is 0.314. The van der Waals surface area contributed by atoms with E-state index in [4.69, 9.17) is 5.73 Å². The summed E-state index contributed by atoms with van der Waals surface area (Å²) in [5, 5.41) is 15.6. The fourth-order valence-electron chi connectivity index (χ4n) is 3.47. The van der Waals surface area contributed by atoms with Crippen molar-refractivity contribution in [3.8, 4) is 0 Å². The summed E-state index contributed by atoms with van der Waals surface area (Å²) in [4.78, 5) is 12.8. The van der Waals surface area contributed by atoms with Crippen molar-refractivity contribution in [2.75, 3.05) is 58.9 Å². The molecule has 0 atom stereocenters. The number of benzene rings is 2. The van der Waals surface area contributed by atoms with Gasteiger partial charge in [0.2, 0.25) is 0 Å². The first-order valence-electron chi connectivity index (χ1n) is 10.1. The average Bonchev–Trinajstić information content (AvgIpc) is 2.72. The molecule has 0 fully saturated rings. The standard InChI is InChI=1S/C22H31N5O.ClH/c23-7-8-24-9-10-25-11-12-26-13-14-27-16-19-15-18-5-1-3-17-4-2-6-20(21(17)18)22(19)28;/h1-6,15,24-27H,7-14,16,23H2;1H. The van der Waals surface area contributed by atoms with Crippen LogP contribution in [0, 0.1) is 0 Å². The summed E-state index contributed by atoms with van der Waals surface area (Å²) in [5.74, 6) is 0.136. The number of nitrogens with two attached hydrogens (primary N) is 1. The maximum absolute atomic E-state index is 12.8. The fraction of sp³-hybridized carbons (Fsp3) is 0.409. The number of carbonyl (C=O) groups is 1. The van der Waals surface area contributed by atoms with Crippen molar-refractivity contribution in [1.29, 1.82) is 0 Å². The van der Waals surface area contributed by atoms with Crippen LogP contribution >= 0.6 is 12.4 Å². The molecule has 3 rings (SSSR count). The van der Waals surface area contributed by atoms with Gasteiger partial charge < -0.3 is 27.0 Å². The van der Waals surface area contributed by atoms with Gasteiger partial charge in [-0.05, 0) is 17.0 Å². The maximum Gasteiger partial charge on any atom is 0.190 e. The Bertz CT molecular complexity index is 819. The highest BCUT2D eigenvalue weighted by Gasteiger charge is 2.20. The van der Waals surface area contributed by atoms with Crippen molar-refractivity contribution >= 4 is 35.0 Å². The zero-order valence-electron chi connectivity index (χ0n) is 16.8. The first-order chi connectivity index (χ1) is 13.8. The lowest BCUT2D eigenvalue weighted by molar-refractivity contribution is 0.103. The Labute approximate surface area is 179 Å². The maximum atomic E-state index is 12.8. The Morgan fingerprint density at radius 3 is 2.00 bits per heavy atom. The van der Waals surface area contributed by atoms with Gasteiger partial charge in [-0.25, -0.2) is 0 Å². The molecule has 0 saturated heterocycles. The van der Waals surface area contributed by atoms with Gasteiger partial charge in [0.1, 0.15) is 0 Å². The van der Waals surface area contributed by atoms with E-state index >= 15 is 0 Å². The third-order valence-corrected chi connectivity index (χ3v) is 4.88. The number of carbonyl (C=O) groups excluding carboxylic acids is 1. The van der Waals surface area contributed by atoms with Crippen LogP contribution in [0.1, 0.15) is 15.9 Å². The van der Waals surface area contributed by atoms with Crippen molar-refractivity contribution in [3.63, 3.8) is 0 Å².